The monoisotopic (exact) mass is 422 g/mol. The summed E-state index contributed by atoms with van der Waals surface area (Å²) in [6.07, 6.45) is -0.0986. The zero-order chi connectivity index (χ0) is 21.4. The maximum absolute atomic E-state index is 14.0. The van der Waals surface area contributed by atoms with E-state index in [4.69, 9.17) is 22.1 Å². The van der Waals surface area contributed by atoms with E-state index in [9.17, 15) is 14.0 Å². The molecule has 0 bridgehead atoms. The maximum Gasteiger partial charge on any atom is 0.407 e. The number of hydrogen-bond acceptors (Lipinski definition) is 5. The predicted molar refractivity (Wildman–Crippen MR) is 109 cm³/mol. The molecule has 0 spiro atoms. The Labute approximate surface area is 174 Å². The predicted octanol–water partition coefficient (Wildman–Crippen LogP) is 3.69. The highest BCUT2D eigenvalue weighted by Gasteiger charge is 2.25. The minimum Gasteiger partial charge on any atom is -0.464 e. The first-order valence-corrected chi connectivity index (χ1v) is 9.52. The van der Waals surface area contributed by atoms with E-state index < -0.39 is 24.1 Å². The van der Waals surface area contributed by atoms with Crippen molar-refractivity contribution in [1.29, 1.82) is 0 Å². The van der Waals surface area contributed by atoms with Crippen molar-refractivity contribution in [2.75, 3.05) is 13.7 Å². The molecule has 2 rings (SSSR count). The lowest BCUT2D eigenvalue weighted by Crippen LogP contribution is -2.45. The molecule has 2 atom stereocenters. The van der Waals surface area contributed by atoms with E-state index >= 15 is 0 Å². The van der Waals surface area contributed by atoms with Crippen LogP contribution < -0.4 is 11.1 Å². The van der Waals surface area contributed by atoms with E-state index in [2.05, 4.69) is 10.1 Å². The van der Waals surface area contributed by atoms with Crippen molar-refractivity contribution >= 4 is 23.7 Å². The number of benzene rings is 2. The topological polar surface area (TPSA) is 90.6 Å². The minimum absolute atomic E-state index is 0.179. The molecule has 6 nitrogen and oxygen atoms in total. The summed E-state index contributed by atoms with van der Waals surface area (Å²) in [5.41, 5.74) is 8.19. The van der Waals surface area contributed by atoms with Gasteiger partial charge in [-0.1, -0.05) is 35.9 Å². The Kier molecular flexibility index (Phi) is 8.42. The normalized spacial score (nSPS) is 12.7. The van der Waals surface area contributed by atoms with Gasteiger partial charge in [0.15, 0.2) is 0 Å². The quantitative estimate of drug-likeness (QED) is 0.633. The highest BCUT2D eigenvalue weighted by Crippen LogP contribution is 2.26. The Morgan fingerprint density at radius 1 is 1.21 bits per heavy atom. The van der Waals surface area contributed by atoms with Crippen molar-refractivity contribution < 1.29 is 23.5 Å². The summed E-state index contributed by atoms with van der Waals surface area (Å²) in [5, 5.41) is 2.89. The average Bonchev–Trinajstić information content (AvgIpc) is 2.70. The summed E-state index contributed by atoms with van der Waals surface area (Å²) >= 11 is 5.95. The molecule has 1 unspecified atom stereocenters. The lowest BCUT2D eigenvalue weighted by molar-refractivity contribution is -0.145. The third-order valence-electron chi connectivity index (χ3n) is 4.28. The van der Waals surface area contributed by atoms with Gasteiger partial charge in [0.05, 0.1) is 13.7 Å². The summed E-state index contributed by atoms with van der Waals surface area (Å²) in [6.45, 7) is 1.87. The Morgan fingerprint density at radius 3 is 2.52 bits per heavy atom. The Bertz CT molecular complexity index is 845. The number of alkyl carbamates (subject to hydrolysis) is 1. The standard InChI is InChI=1S/C21H24ClFN2O4/c1-3-29-20(26)19(25-21(27)28-2)12-16(24)10-13-4-6-14(7-5-13)17-11-15(22)8-9-18(17)23/h4-9,11,16,19H,3,10,12,24H2,1-2H3,(H,25,27)/t16-,19?/m1/s1. The fourth-order valence-corrected chi connectivity index (χ4v) is 3.06. The zero-order valence-corrected chi connectivity index (χ0v) is 17.0. The molecule has 3 N–H and O–H groups in total. The number of ether oxygens (including phenoxy) is 2. The minimum atomic E-state index is -0.905. The van der Waals surface area contributed by atoms with E-state index in [0.29, 0.717) is 22.6 Å². The van der Waals surface area contributed by atoms with Crippen LogP contribution in [0.5, 0.6) is 0 Å². The van der Waals surface area contributed by atoms with Crippen molar-refractivity contribution in [2.24, 2.45) is 5.73 Å². The average molecular weight is 423 g/mol. The summed E-state index contributed by atoms with van der Waals surface area (Å²) in [5.74, 6) is -0.926. The van der Waals surface area contributed by atoms with Gasteiger partial charge in [-0.05, 0) is 49.1 Å². The van der Waals surface area contributed by atoms with E-state index in [0.717, 1.165) is 5.56 Å². The van der Waals surface area contributed by atoms with Crippen LogP contribution >= 0.6 is 11.6 Å². The zero-order valence-electron chi connectivity index (χ0n) is 16.3. The van der Waals surface area contributed by atoms with E-state index in [1.807, 2.05) is 12.1 Å². The number of esters is 1. The molecule has 0 radical (unpaired) electrons. The van der Waals surface area contributed by atoms with Gasteiger partial charge in [-0.25, -0.2) is 14.0 Å². The van der Waals surface area contributed by atoms with Gasteiger partial charge in [-0.2, -0.15) is 0 Å². The smallest absolute Gasteiger partial charge is 0.407 e. The van der Waals surface area contributed by atoms with E-state index in [1.54, 1.807) is 25.1 Å². The summed E-state index contributed by atoms with van der Waals surface area (Å²) in [7, 11) is 1.21. The van der Waals surface area contributed by atoms with E-state index in [-0.39, 0.29) is 18.8 Å². The van der Waals surface area contributed by atoms with Crippen LogP contribution in [0.4, 0.5) is 9.18 Å². The highest BCUT2D eigenvalue weighted by molar-refractivity contribution is 6.30. The van der Waals surface area contributed by atoms with Crippen LogP contribution in [0.3, 0.4) is 0 Å². The first kappa shape index (κ1) is 22.6. The number of carbonyl (C=O) groups is 2. The molecule has 2 aromatic rings. The number of methoxy groups -OCH3 is 1. The third kappa shape index (κ3) is 6.73. The Balaban J connectivity index is 2.05. The molecular weight excluding hydrogens is 399 g/mol. The number of carbonyl (C=O) groups excluding carboxylic acids is 2. The molecule has 0 aliphatic heterocycles. The summed E-state index contributed by atoms with van der Waals surface area (Å²) in [4.78, 5) is 23.5. The van der Waals surface area contributed by atoms with Crippen LogP contribution in [0.25, 0.3) is 11.1 Å². The van der Waals surface area contributed by atoms with Crippen LogP contribution in [-0.4, -0.2) is 37.9 Å². The SMILES string of the molecule is CCOC(=O)C(C[C@H](N)Cc1ccc(-c2cc(Cl)ccc2F)cc1)NC(=O)OC. The molecule has 8 heteroatoms. The second kappa shape index (κ2) is 10.8. The van der Waals surface area contributed by atoms with Crippen molar-refractivity contribution in [3.8, 4) is 11.1 Å². The molecule has 0 aliphatic rings. The van der Waals surface area contributed by atoms with Gasteiger partial charge in [-0.15, -0.1) is 0 Å². The van der Waals surface area contributed by atoms with Gasteiger partial charge in [0.1, 0.15) is 11.9 Å². The number of amides is 1. The van der Waals surface area contributed by atoms with Crippen molar-refractivity contribution in [3.63, 3.8) is 0 Å². The summed E-state index contributed by atoms with van der Waals surface area (Å²) in [6, 6.07) is 10.3. The van der Waals surface area contributed by atoms with Crippen molar-refractivity contribution in [3.05, 3.63) is 58.9 Å². The van der Waals surface area contributed by atoms with Crippen LogP contribution in [-0.2, 0) is 20.7 Å². The molecule has 2 aromatic carbocycles. The number of nitrogens with one attached hydrogen (secondary N) is 1. The molecule has 0 aliphatic carbocycles. The number of nitrogens with two attached hydrogens (primary N) is 1. The largest absolute Gasteiger partial charge is 0.464 e. The second-order valence-electron chi connectivity index (χ2n) is 6.46. The number of hydrogen-bond donors (Lipinski definition) is 2. The maximum atomic E-state index is 14.0. The lowest BCUT2D eigenvalue weighted by atomic mass is 9.97. The Morgan fingerprint density at radius 2 is 1.90 bits per heavy atom. The number of rotatable bonds is 8. The molecule has 0 aromatic heterocycles. The lowest BCUT2D eigenvalue weighted by Gasteiger charge is -2.20. The summed E-state index contributed by atoms with van der Waals surface area (Å²) < 4.78 is 23.5. The molecule has 29 heavy (non-hydrogen) atoms. The van der Waals surface area contributed by atoms with Crippen LogP contribution in [0, 0.1) is 5.82 Å². The Hall–Kier alpha value is -2.64. The molecule has 0 heterocycles. The highest BCUT2D eigenvalue weighted by atomic mass is 35.5. The van der Waals surface area contributed by atoms with Gasteiger partial charge >= 0.3 is 12.1 Å². The van der Waals surface area contributed by atoms with E-state index in [1.165, 1.54) is 19.2 Å². The van der Waals surface area contributed by atoms with Gasteiger partial charge in [-0.3, -0.25) is 0 Å². The fourth-order valence-electron chi connectivity index (χ4n) is 2.89. The fraction of sp³-hybridized carbons (Fsp3) is 0.333. The van der Waals surface area contributed by atoms with Crippen LogP contribution in [0.15, 0.2) is 42.5 Å². The second-order valence-corrected chi connectivity index (χ2v) is 6.90. The third-order valence-corrected chi connectivity index (χ3v) is 4.51. The molecule has 1 amide bonds. The first-order chi connectivity index (χ1) is 13.8. The molecule has 156 valence electrons. The van der Waals surface area contributed by atoms with Gasteiger partial charge in [0.25, 0.3) is 0 Å². The molecular formula is C21H24ClFN2O4. The number of halogens is 2. The van der Waals surface area contributed by atoms with Crippen LogP contribution in [0.2, 0.25) is 5.02 Å². The first-order valence-electron chi connectivity index (χ1n) is 9.15. The van der Waals surface area contributed by atoms with Gasteiger partial charge in [0, 0.05) is 16.6 Å². The van der Waals surface area contributed by atoms with Crippen molar-refractivity contribution in [2.45, 2.75) is 31.8 Å². The van der Waals surface area contributed by atoms with Gasteiger partial charge < -0.3 is 20.5 Å². The van der Waals surface area contributed by atoms with Crippen LogP contribution in [0.1, 0.15) is 18.9 Å². The molecule has 0 saturated heterocycles. The van der Waals surface area contributed by atoms with Gasteiger partial charge in [0.2, 0.25) is 0 Å². The molecule has 0 saturated carbocycles. The molecule has 0 fully saturated rings. The van der Waals surface area contributed by atoms with Crippen molar-refractivity contribution in [1.82, 2.24) is 5.32 Å².